The van der Waals surface area contributed by atoms with Crippen LogP contribution in [-0.2, 0) is 17.6 Å². The van der Waals surface area contributed by atoms with Crippen LogP contribution in [0.5, 0.6) is 17.2 Å². The van der Waals surface area contributed by atoms with Gasteiger partial charge in [0.15, 0.2) is 11.5 Å². The van der Waals surface area contributed by atoms with Crippen LogP contribution in [0.15, 0.2) is 42.5 Å². The summed E-state index contributed by atoms with van der Waals surface area (Å²) >= 11 is 0. The molecule has 0 fully saturated rings. The molecule has 0 unspecified atom stereocenters. The Hall–Kier alpha value is -2.69. The van der Waals surface area contributed by atoms with Gasteiger partial charge in [-0.25, -0.2) is 0 Å². The fourth-order valence-corrected chi connectivity index (χ4v) is 2.25. The molecule has 0 aliphatic heterocycles. The van der Waals surface area contributed by atoms with Crippen LogP contribution in [0.2, 0.25) is 0 Å². The summed E-state index contributed by atoms with van der Waals surface area (Å²) in [6, 6.07) is 12.7. The summed E-state index contributed by atoms with van der Waals surface area (Å²) in [5.41, 5.74) is 1.90. The average Bonchev–Trinajstić information content (AvgIpc) is 2.56. The molecule has 2 N–H and O–H groups in total. The van der Waals surface area contributed by atoms with E-state index in [2.05, 4.69) is 5.32 Å². The lowest BCUT2D eigenvalue weighted by Gasteiger charge is -2.08. The zero-order valence-electron chi connectivity index (χ0n) is 13.3. The first-order chi connectivity index (χ1) is 11.1. The van der Waals surface area contributed by atoms with Gasteiger partial charge in [-0.05, 0) is 41.8 Å². The minimum absolute atomic E-state index is 0.0645. The number of hydrogen-bond donors (Lipinski definition) is 2. The largest absolute Gasteiger partial charge is 0.504 e. The van der Waals surface area contributed by atoms with Gasteiger partial charge in [0.1, 0.15) is 5.75 Å². The first kappa shape index (κ1) is 16.7. The van der Waals surface area contributed by atoms with Crippen LogP contribution in [-0.4, -0.2) is 31.8 Å². The van der Waals surface area contributed by atoms with Gasteiger partial charge in [-0.1, -0.05) is 18.2 Å². The first-order valence-electron chi connectivity index (χ1n) is 7.38. The normalized spacial score (nSPS) is 10.2. The SMILES string of the molecule is COc1cccc(CCNC(=O)Cc2ccc(O)c(OC)c2)c1. The van der Waals surface area contributed by atoms with Crippen molar-refractivity contribution < 1.29 is 19.4 Å². The number of ether oxygens (including phenoxy) is 2. The second-order valence-corrected chi connectivity index (χ2v) is 5.13. The summed E-state index contributed by atoms with van der Waals surface area (Å²) in [6.45, 7) is 0.557. The molecule has 0 aliphatic carbocycles. The molecule has 0 aliphatic rings. The van der Waals surface area contributed by atoms with Crippen LogP contribution >= 0.6 is 0 Å². The van der Waals surface area contributed by atoms with E-state index in [0.717, 1.165) is 23.3 Å². The third-order valence-electron chi connectivity index (χ3n) is 3.48. The van der Waals surface area contributed by atoms with Gasteiger partial charge < -0.3 is 19.9 Å². The Morgan fingerprint density at radius 1 is 1.09 bits per heavy atom. The first-order valence-corrected chi connectivity index (χ1v) is 7.38. The Morgan fingerprint density at radius 3 is 2.65 bits per heavy atom. The van der Waals surface area contributed by atoms with E-state index >= 15 is 0 Å². The van der Waals surface area contributed by atoms with Crippen LogP contribution < -0.4 is 14.8 Å². The number of aromatic hydroxyl groups is 1. The van der Waals surface area contributed by atoms with Crippen molar-refractivity contribution in [2.45, 2.75) is 12.8 Å². The Labute approximate surface area is 135 Å². The number of amides is 1. The van der Waals surface area contributed by atoms with E-state index < -0.39 is 0 Å². The van der Waals surface area contributed by atoms with Crippen LogP contribution in [0.3, 0.4) is 0 Å². The van der Waals surface area contributed by atoms with Crippen molar-refractivity contribution in [2.75, 3.05) is 20.8 Å². The summed E-state index contributed by atoms with van der Waals surface area (Å²) in [4.78, 5) is 12.0. The van der Waals surface area contributed by atoms with Crippen LogP contribution in [0.4, 0.5) is 0 Å². The van der Waals surface area contributed by atoms with E-state index in [1.165, 1.54) is 13.2 Å². The molecular weight excluding hydrogens is 294 g/mol. The predicted molar refractivity (Wildman–Crippen MR) is 88.1 cm³/mol. The summed E-state index contributed by atoms with van der Waals surface area (Å²) in [7, 11) is 3.11. The minimum atomic E-state index is -0.0689. The second kappa shape index (κ2) is 8.08. The topological polar surface area (TPSA) is 67.8 Å². The quantitative estimate of drug-likeness (QED) is 0.823. The van der Waals surface area contributed by atoms with Gasteiger partial charge in [-0.15, -0.1) is 0 Å². The number of carbonyl (C=O) groups is 1. The molecule has 2 aromatic rings. The molecule has 0 aromatic heterocycles. The smallest absolute Gasteiger partial charge is 0.224 e. The molecule has 0 bridgehead atoms. The number of phenols is 1. The Bertz CT molecular complexity index is 670. The van der Waals surface area contributed by atoms with Crippen molar-refractivity contribution in [3.63, 3.8) is 0 Å². The fourth-order valence-electron chi connectivity index (χ4n) is 2.25. The van der Waals surface area contributed by atoms with Gasteiger partial charge in [0, 0.05) is 6.54 Å². The molecule has 0 atom stereocenters. The van der Waals surface area contributed by atoms with Crippen LogP contribution in [0, 0.1) is 0 Å². The van der Waals surface area contributed by atoms with Gasteiger partial charge in [0.05, 0.1) is 20.6 Å². The molecular formula is C18H21NO4. The third-order valence-corrected chi connectivity index (χ3v) is 3.48. The van der Waals surface area contributed by atoms with Crippen molar-refractivity contribution in [1.82, 2.24) is 5.32 Å². The third kappa shape index (κ3) is 4.92. The predicted octanol–water partition coefficient (Wildman–Crippen LogP) is 2.31. The van der Waals surface area contributed by atoms with E-state index in [1.807, 2.05) is 24.3 Å². The maximum absolute atomic E-state index is 12.0. The summed E-state index contributed by atoms with van der Waals surface area (Å²) in [5, 5.41) is 12.4. The van der Waals surface area contributed by atoms with E-state index in [9.17, 15) is 9.90 Å². The molecule has 2 aromatic carbocycles. The van der Waals surface area contributed by atoms with E-state index in [4.69, 9.17) is 9.47 Å². The highest BCUT2D eigenvalue weighted by molar-refractivity contribution is 5.78. The maximum Gasteiger partial charge on any atom is 0.224 e. The number of methoxy groups -OCH3 is 2. The van der Waals surface area contributed by atoms with Gasteiger partial charge in [0.25, 0.3) is 0 Å². The molecule has 23 heavy (non-hydrogen) atoms. The number of nitrogens with one attached hydrogen (secondary N) is 1. The monoisotopic (exact) mass is 315 g/mol. The summed E-state index contributed by atoms with van der Waals surface area (Å²) in [5.74, 6) is 1.17. The molecule has 0 spiro atoms. The van der Waals surface area contributed by atoms with Gasteiger partial charge in [-0.3, -0.25) is 4.79 Å². The average molecular weight is 315 g/mol. The number of carbonyl (C=O) groups excluding carboxylic acids is 1. The molecule has 2 rings (SSSR count). The van der Waals surface area contributed by atoms with Gasteiger partial charge >= 0.3 is 0 Å². The lowest BCUT2D eigenvalue weighted by atomic mass is 10.1. The van der Waals surface area contributed by atoms with Crippen LogP contribution in [0.25, 0.3) is 0 Å². The number of rotatable bonds is 7. The lowest BCUT2D eigenvalue weighted by molar-refractivity contribution is -0.120. The number of hydrogen-bond acceptors (Lipinski definition) is 4. The zero-order valence-corrected chi connectivity index (χ0v) is 13.3. The van der Waals surface area contributed by atoms with Crippen molar-refractivity contribution in [3.05, 3.63) is 53.6 Å². The van der Waals surface area contributed by atoms with Crippen molar-refractivity contribution >= 4 is 5.91 Å². The molecule has 5 heteroatoms. The second-order valence-electron chi connectivity index (χ2n) is 5.13. The van der Waals surface area contributed by atoms with Crippen molar-refractivity contribution in [2.24, 2.45) is 0 Å². The highest BCUT2D eigenvalue weighted by Crippen LogP contribution is 2.26. The highest BCUT2D eigenvalue weighted by atomic mass is 16.5. The summed E-state index contributed by atoms with van der Waals surface area (Å²) in [6.07, 6.45) is 0.983. The molecule has 0 heterocycles. The minimum Gasteiger partial charge on any atom is -0.504 e. The fraction of sp³-hybridized carbons (Fsp3) is 0.278. The molecule has 5 nitrogen and oxygen atoms in total. The Kier molecular flexibility index (Phi) is 5.86. The van der Waals surface area contributed by atoms with Crippen molar-refractivity contribution in [3.8, 4) is 17.2 Å². The number of benzene rings is 2. The highest BCUT2D eigenvalue weighted by Gasteiger charge is 2.07. The van der Waals surface area contributed by atoms with Crippen LogP contribution in [0.1, 0.15) is 11.1 Å². The van der Waals surface area contributed by atoms with E-state index in [1.54, 1.807) is 19.2 Å². The van der Waals surface area contributed by atoms with Crippen molar-refractivity contribution in [1.29, 1.82) is 0 Å². The lowest BCUT2D eigenvalue weighted by Crippen LogP contribution is -2.27. The molecule has 0 radical (unpaired) electrons. The molecule has 0 saturated heterocycles. The van der Waals surface area contributed by atoms with Gasteiger partial charge in [-0.2, -0.15) is 0 Å². The molecule has 1 amide bonds. The van der Waals surface area contributed by atoms with Gasteiger partial charge in [0.2, 0.25) is 5.91 Å². The summed E-state index contributed by atoms with van der Waals surface area (Å²) < 4.78 is 10.2. The molecule has 0 saturated carbocycles. The standard InChI is InChI=1S/C18H21NO4/c1-22-15-5-3-4-13(10-15)8-9-19-18(21)12-14-6-7-16(20)17(11-14)23-2/h3-7,10-11,20H,8-9,12H2,1-2H3,(H,19,21). The Balaban J connectivity index is 1.83. The zero-order chi connectivity index (χ0) is 16.7. The number of phenolic OH excluding ortho intramolecular Hbond substituents is 1. The maximum atomic E-state index is 12.0. The van der Waals surface area contributed by atoms with E-state index in [0.29, 0.717) is 12.3 Å². The van der Waals surface area contributed by atoms with E-state index in [-0.39, 0.29) is 18.1 Å². The molecule has 122 valence electrons. The Morgan fingerprint density at radius 2 is 1.91 bits per heavy atom.